The zero-order chi connectivity index (χ0) is 11.4. The third-order valence-electron chi connectivity index (χ3n) is 1.95. The number of hydrogen-bond acceptors (Lipinski definition) is 5. The fourth-order valence-corrected chi connectivity index (χ4v) is 1.49. The first kappa shape index (κ1) is 12.0. The minimum Gasteiger partial charge on any atom is -0.396 e. The minimum atomic E-state index is -0.536. The van der Waals surface area contributed by atoms with Crippen LogP contribution in [0.1, 0.15) is 11.6 Å². The van der Waals surface area contributed by atoms with Crippen LogP contribution in [0.25, 0.3) is 0 Å². The molecule has 1 heterocycles. The number of rotatable bonds is 4. The van der Waals surface area contributed by atoms with Crippen molar-refractivity contribution in [3.05, 3.63) is 32.5 Å². The molecule has 1 rings (SSSR count). The first-order valence-corrected chi connectivity index (χ1v) is 5.00. The van der Waals surface area contributed by atoms with Gasteiger partial charge in [0.1, 0.15) is 5.69 Å². The lowest BCUT2D eigenvalue weighted by Crippen LogP contribution is -2.18. The highest BCUT2D eigenvalue weighted by molar-refractivity contribution is 9.10. The zero-order valence-corrected chi connectivity index (χ0v) is 9.35. The third kappa shape index (κ3) is 2.71. The Balaban J connectivity index is 3.21. The predicted octanol–water partition coefficient (Wildman–Crippen LogP) is 0.787. The van der Waals surface area contributed by atoms with E-state index in [4.69, 9.17) is 10.8 Å². The van der Waals surface area contributed by atoms with E-state index >= 15 is 0 Å². The number of nitrogens with zero attached hydrogens (tertiary/aromatic N) is 2. The summed E-state index contributed by atoms with van der Waals surface area (Å²) in [5.41, 5.74) is 5.47. The van der Waals surface area contributed by atoms with E-state index in [0.717, 1.165) is 0 Å². The predicted molar refractivity (Wildman–Crippen MR) is 57.5 cm³/mol. The normalized spacial score (nSPS) is 12.5. The van der Waals surface area contributed by atoms with Gasteiger partial charge >= 0.3 is 0 Å². The van der Waals surface area contributed by atoms with E-state index in [9.17, 15) is 10.1 Å². The molecule has 1 aromatic rings. The number of nitro groups is 1. The van der Waals surface area contributed by atoms with E-state index in [0.29, 0.717) is 4.47 Å². The molecule has 1 unspecified atom stereocenters. The highest BCUT2D eigenvalue weighted by Gasteiger charge is 2.22. The van der Waals surface area contributed by atoms with Crippen LogP contribution in [-0.2, 0) is 0 Å². The number of aromatic nitrogens is 1. The first-order valence-electron chi connectivity index (χ1n) is 4.21. The van der Waals surface area contributed by atoms with Gasteiger partial charge in [0.15, 0.2) is 0 Å². The topological polar surface area (TPSA) is 102 Å². The molecule has 1 aromatic heterocycles. The summed E-state index contributed by atoms with van der Waals surface area (Å²) in [6.45, 7) is -0.141. The molecule has 3 N–H and O–H groups in total. The second-order valence-electron chi connectivity index (χ2n) is 2.93. The van der Waals surface area contributed by atoms with Gasteiger partial charge in [0.05, 0.1) is 11.5 Å². The second kappa shape index (κ2) is 5.15. The summed E-state index contributed by atoms with van der Waals surface area (Å²) in [4.78, 5) is 14.1. The molecule has 0 amide bonds. The Morgan fingerprint density at radius 3 is 2.87 bits per heavy atom. The van der Waals surface area contributed by atoms with Crippen molar-refractivity contribution in [1.82, 2.24) is 4.98 Å². The van der Waals surface area contributed by atoms with Crippen molar-refractivity contribution in [3.63, 3.8) is 0 Å². The van der Waals surface area contributed by atoms with E-state index in [1.807, 2.05) is 0 Å². The van der Waals surface area contributed by atoms with Crippen molar-refractivity contribution in [2.75, 3.05) is 13.2 Å². The molecule has 0 aliphatic heterocycles. The van der Waals surface area contributed by atoms with Gasteiger partial charge in [0.25, 0.3) is 5.69 Å². The van der Waals surface area contributed by atoms with Crippen molar-refractivity contribution in [1.29, 1.82) is 0 Å². The van der Waals surface area contributed by atoms with Crippen molar-refractivity contribution in [3.8, 4) is 0 Å². The van der Waals surface area contributed by atoms with Crippen LogP contribution in [0.4, 0.5) is 5.69 Å². The Morgan fingerprint density at radius 1 is 1.73 bits per heavy atom. The molecule has 0 saturated heterocycles. The lowest BCUT2D eigenvalue weighted by molar-refractivity contribution is -0.386. The third-order valence-corrected chi connectivity index (χ3v) is 2.39. The maximum absolute atomic E-state index is 10.7. The molecule has 0 fully saturated rings. The van der Waals surface area contributed by atoms with E-state index in [1.54, 1.807) is 0 Å². The van der Waals surface area contributed by atoms with Crippen LogP contribution in [0.15, 0.2) is 16.7 Å². The molecule has 7 heteroatoms. The Hall–Kier alpha value is -1.05. The first-order chi connectivity index (χ1) is 7.10. The lowest BCUT2D eigenvalue weighted by atomic mass is 10.0. The van der Waals surface area contributed by atoms with Gasteiger partial charge in [-0.15, -0.1) is 0 Å². The van der Waals surface area contributed by atoms with E-state index in [-0.39, 0.29) is 24.5 Å². The maximum atomic E-state index is 10.7. The van der Waals surface area contributed by atoms with Crippen molar-refractivity contribution >= 4 is 21.6 Å². The number of aliphatic hydroxyl groups excluding tert-OH is 1. The standard InChI is InChI=1S/C8H10BrN3O3/c9-6-1-7(12(14)15)8(11-3-6)5(2-10)4-13/h1,3,5,13H,2,4,10H2. The van der Waals surface area contributed by atoms with Gasteiger partial charge in [-0.05, 0) is 15.9 Å². The Kier molecular flexibility index (Phi) is 4.13. The fraction of sp³-hybridized carbons (Fsp3) is 0.375. The average molecular weight is 276 g/mol. The van der Waals surface area contributed by atoms with Gasteiger partial charge in [0, 0.05) is 29.2 Å². The van der Waals surface area contributed by atoms with Gasteiger partial charge in [0.2, 0.25) is 0 Å². The van der Waals surface area contributed by atoms with Crippen LogP contribution >= 0.6 is 15.9 Å². The highest BCUT2D eigenvalue weighted by atomic mass is 79.9. The number of halogens is 1. The Morgan fingerprint density at radius 2 is 2.40 bits per heavy atom. The summed E-state index contributed by atoms with van der Waals surface area (Å²) < 4.78 is 0.520. The summed E-state index contributed by atoms with van der Waals surface area (Å²) in [7, 11) is 0. The van der Waals surface area contributed by atoms with E-state index in [2.05, 4.69) is 20.9 Å². The Labute approximate surface area is 94.4 Å². The average Bonchev–Trinajstić information content (AvgIpc) is 2.21. The van der Waals surface area contributed by atoms with Gasteiger partial charge in [-0.25, -0.2) is 0 Å². The van der Waals surface area contributed by atoms with Gasteiger partial charge in [-0.2, -0.15) is 0 Å². The van der Waals surface area contributed by atoms with Crippen LogP contribution in [0.3, 0.4) is 0 Å². The quantitative estimate of drug-likeness (QED) is 0.625. The van der Waals surface area contributed by atoms with Crippen LogP contribution in [0.5, 0.6) is 0 Å². The number of pyridine rings is 1. The molecule has 0 aliphatic carbocycles. The summed E-state index contributed by atoms with van der Waals surface area (Å²) in [6, 6.07) is 1.35. The molecule has 1 atom stereocenters. The molecule has 0 spiro atoms. The maximum Gasteiger partial charge on any atom is 0.292 e. The molecule has 0 bridgehead atoms. The van der Waals surface area contributed by atoms with E-state index in [1.165, 1.54) is 12.3 Å². The van der Waals surface area contributed by atoms with Gasteiger partial charge in [-0.3, -0.25) is 15.1 Å². The molecule has 0 aromatic carbocycles. The van der Waals surface area contributed by atoms with Gasteiger partial charge in [-0.1, -0.05) is 0 Å². The summed E-state index contributed by atoms with van der Waals surface area (Å²) >= 11 is 3.10. The van der Waals surface area contributed by atoms with Crippen LogP contribution in [0, 0.1) is 10.1 Å². The molecule has 15 heavy (non-hydrogen) atoms. The molecular weight excluding hydrogens is 266 g/mol. The molecule has 0 aliphatic rings. The second-order valence-corrected chi connectivity index (χ2v) is 3.85. The van der Waals surface area contributed by atoms with Crippen LogP contribution < -0.4 is 5.73 Å². The largest absolute Gasteiger partial charge is 0.396 e. The smallest absolute Gasteiger partial charge is 0.292 e. The molecule has 6 nitrogen and oxygen atoms in total. The molecular formula is C8H10BrN3O3. The molecule has 82 valence electrons. The number of aliphatic hydroxyl groups is 1. The van der Waals surface area contributed by atoms with Crippen LogP contribution in [-0.4, -0.2) is 28.2 Å². The summed E-state index contributed by atoms with van der Waals surface area (Å²) in [5, 5.41) is 19.7. The van der Waals surface area contributed by atoms with Crippen molar-refractivity contribution in [2.45, 2.75) is 5.92 Å². The monoisotopic (exact) mass is 275 g/mol. The Bertz CT molecular complexity index is 368. The van der Waals surface area contributed by atoms with E-state index < -0.39 is 10.8 Å². The van der Waals surface area contributed by atoms with Crippen molar-refractivity contribution < 1.29 is 10.0 Å². The minimum absolute atomic E-state index is 0.117. The lowest BCUT2D eigenvalue weighted by Gasteiger charge is -2.10. The SMILES string of the molecule is NCC(CO)c1ncc(Br)cc1[N+](=O)[O-]. The molecule has 0 radical (unpaired) electrons. The number of nitrogens with two attached hydrogens (primary N) is 1. The highest BCUT2D eigenvalue weighted by Crippen LogP contribution is 2.26. The summed E-state index contributed by atoms with van der Waals surface area (Å²) in [5.74, 6) is -0.501. The van der Waals surface area contributed by atoms with Crippen LogP contribution in [0.2, 0.25) is 0 Å². The fourth-order valence-electron chi connectivity index (χ4n) is 1.17. The van der Waals surface area contributed by atoms with Crippen molar-refractivity contribution in [2.24, 2.45) is 5.73 Å². The van der Waals surface area contributed by atoms with Gasteiger partial charge < -0.3 is 10.8 Å². The number of hydrogen-bond donors (Lipinski definition) is 2. The summed E-state index contributed by atoms with van der Waals surface area (Å²) in [6.07, 6.45) is 1.45. The molecule has 0 saturated carbocycles. The zero-order valence-electron chi connectivity index (χ0n) is 7.76.